The molecule has 1 heterocycles. The highest BCUT2D eigenvalue weighted by molar-refractivity contribution is 7.22. The van der Waals surface area contributed by atoms with E-state index in [1.165, 1.54) is 80.8 Å². The Morgan fingerprint density at radius 2 is 1.00 bits per heavy atom. The highest BCUT2D eigenvalue weighted by Gasteiger charge is 2.14. The highest BCUT2D eigenvalue weighted by Crippen LogP contribution is 2.41. The number of nitrogens with zero attached hydrogens (tertiary/aromatic N) is 1. The summed E-state index contributed by atoms with van der Waals surface area (Å²) in [5.74, 6) is 0. The van der Waals surface area contributed by atoms with Crippen molar-refractivity contribution >= 4 is 75.4 Å². The third-order valence-corrected chi connectivity index (χ3v) is 10.8. The summed E-state index contributed by atoms with van der Waals surface area (Å²) in [6.45, 7) is 0. The summed E-state index contributed by atoms with van der Waals surface area (Å²) in [5.41, 5.74) is 7.13. The predicted molar refractivity (Wildman–Crippen MR) is 203 cm³/mol. The molecule has 0 fully saturated rings. The number of thiazole rings is 1. The van der Waals surface area contributed by atoms with Gasteiger partial charge in [0.15, 0.2) is 0 Å². The largest absolute Gasteiger partial charge is 0.236 e. The Morgan fingerprint density at radius 3 is 1.91 bits per heavy atom. The van der Waals surface area contributed by atoms with Crippen LogP contribution in [-0.4, -0.2) is 4.98 Å². The van der Waals surface area contributed by atoms with E-state index in [9.17, 15) is 0 Å². The molecule has 0 saturated heterocycles. The lowest BCUT2D eigenvalue weighted by atomic mass is 9.89. The Bertz CT molecular complexity index is 2840. The summed E-state index contributed by atoms with van der Waals surface area (Å²) in [6.07, 6.45) is 0. The van der Waals surface area contributed by atoms with Crippen molar-refractivity contribution in [1.82, 2.24) is 4.98 Å². The molecule has 0 spiro atoms. The van der Waals surface area contributed by atoms with Gasteiger partial charge in [0, 0.05) is 10.9 Å². The minimum Gasteiger partial charge on any atom is -0.236 e. The molecule has 1 aromatic heterocycles. The maximum atomic E-state index is 5.05. The number of benzene rings is 9. The fraction of sp³-hybridized carbons (Fsp3) is 0. The van der Waals surface area contributed by atoms with E-state index in [0.29, 0.717) is 0 Å². The molecule has 0 N–H and O–H groups in total. The van der Waals surface area contributed by atoms with E-state index in [1.54, 1.807) is 11.3 Å². The van der Waals surface area contributed by atoms with Gasteiger partial charge in [0.2, 0.25) is 0 Å². The Hall–Kier alpha value is -5.83. The molecular weight excluding hydrogens is 587 g/mol. The van der Waals surface area contributed by atoms with Gasteiger partial charge in [-0.1, -0.05) is 140 Å². The normalized spacial score (nSPS) is 11.8. The van der Waals surface area contributed by atoms with Gasteiger partial charge in [-0.15, -0.1) is 11.3 Å². The summed E-state index contributed by atoms with van der Waals surface area (Å²) < 4.78 is 1.24. The molecule has 0 aliphatic heterocycles. The average Bonchev–Trinajstić information content (AvgIpc) is 3.59. The lowest BCUT2D eigenvalue weighted by Crippen LogP contribution is -1.87. The summed E-state index contributed by atoms with van der Waals surface area (Å²) >= 11 is 1.79. The monoisotopic (exact) mass is 613 g/mol. The second kappa shape index (κ2) is 10.3. The Morgan fingerprint density at radius 1 is 0.362 bits per heavy atom. The molecule has 0 bridgehead atoms. The SMILES string of the molecule is c1ccc(-c2nc3ccc4ccc5ccc(-c6cccc(-c7cc8c9ccccc9ccc8c8ccccc78)c6)cc5c4c3s2)cc1. The van der Waals surface area contributed by atoms with Crippen LogP contribution >= 0.6 is 11.3 Å². The van der Waals surface area contributed by atoms with Crippen LogP contribution in [0.2, 0.25) is 0 Å². The van der Waals surface area contributed by atoms with Crippen LogP contribution in [0.3, 0.4) is 0 Å². The second-order valence-electron chi connectivity index (χ2n) is 12.3. The lowest BCUT2D eigenvalue weighted by Gasteiger charge is -2.14. The lowest BCUT2D eigenvalue weighted by molar-refractivity contribution is 1.48. The minimum atomic E-state index is 1.05. The van der Waals surface area contributed by atoms with E-state index in [2.05, 4.69) is 164 Å². The first-order valence-electron chi connectivity index (χ1n) is 16.0. The molecule has 0 amide bonds. The number of fused-ring (bicyclic) bond motifs is 10. The topological polar surface area (TPSA) is 12.9 Å². The molecule has 0 saturated carbocycles. The molecule has 9 aromatic carbocycles. The molecule has 0 aliphatic rings. The van der Waals surface area contributed by atoms with E-state index in [0.717, 1.165) is 16.1 Å². The van der Waals surface area contributed by atoms with Gasteiger partial charge in [0.1, 0.15) is 5.01 Å². The van der Waals surface area contributed by atoms with E-state index in [-0.39, 0.29) is 0 Å². The Kier molecular flexibility index (Phi) is 5.81. The quantitative estimate of drug-likeness (QED) is 0.181. The first-order chi connectivity index (χ1) is 23.3. The maximum Gasteiger partial charge on any atom is 0.124 e. The smallest absolute Gasteiger partial charge is 0.124 e. The van der Waals surface area contributed by atoms with Crippen molar-refractivity contribution in [2.24, 2.45) is 0 Å². The van der Waals surface area contributed by atoms with E-state index in [1.807, 2.05) is 0 Å². The van der Waals surface area contributed by atoms with Crippen molar-refractivity contribution in [3.05, 3.63) is 164 Å². The van der Waals surface area contributed by atoms with Gasteiger partial charge in [-0.05, 0) is 95.0 Å². The van der Waals surface area contributed by atoms with Gasteiger partial charge < -0.3 is 0 Å². The fourth-order valence-corrected chi connectivity index (χ4v) is 8.51. The second-order valence-corrected chi connectivity index (χ2v) is 13.3. The average molecular weight is 614 g/mol. The van der Waals surface area contributed by atoms with E-state index < -0.39 is 0 Å². The molecule has 10 rings (SSSR count). The Labute approximate surface area is 276 Å². The van der Waals surface area contributed by atoms with Gasteiger partial charge in [-0.2, -0.15) is 0 Å². The van der Waals surface area contributed by atoms with Crippen molar-refractivity contribution in [2.75, 3.05) is 0 Å². The molecule has 1 nitrogen and oxygen atoms in total. The zero-order chi connectivity index (χ0) is 30.9. The standard InChI is InChI=1S/C45H27NS/c1-2-10-31(11-3-1)45-46-42-24-22-30-19-17-29-18-20-33(26-40(29)43(30)44(42)47-45)32-12-8-13-34(25-32)39-27-41-35-14-5-4-9-28(35)21-23-38(41)36-15-6-7-16-37(36)39/h1-27H. The molecular formula is C45H27NS. The summed E-state index contributed by atoms with van der Waals surface area (Å²) in [7, 11) is 0. The molecule has 0 radical (unpaired) electrons. The summed E-state index contributed by atoms with van der Waals surface area (Å²) in [6, 6.07) is 59.8. The van der Waals surface area contributed by atoms with Crippen LogP contribution in [0.25, 0.3) is 96.9 Å². The van der Waals surface area contributed by atoms with Crippen LogP contribution in [0.1, 0.15) is 0 Å². The molecule has 2 heteroatoms. The van der Waals surface area contributed by atoms with E-state index in [4.69, 9.17) is 4.98 Å². The predicted octanol–water partition coefficient (Wildman–Crippen LogP) is 13.1. The third-order valence-electron chi connectivity index (χ3n) is 9.65. The van der Waals surface area contributed by atoms with Crippen molar-refractivity contribution in [3.63, 3.8) is 0 Å². The van der Waals surface area contributed by atoms with Crippen LogP contribution in [-0.2, 0) is 0 Å². The van der Waals surface area contributed by atoms with Gasteiger partial charge in [-0.25, -0.2) is 4.98 Å². The van der Waals surface area contributed by atoms with Gasteiger partial charge in [0.25, 0.3) is 0 Å². The van der Waals surface area contributed by atoms with Gasteiger partial charge in [-0.3, -0.25) is 0 Å². The summed E-state index contributed by atoms with van der Waals surface area (Å²) in [4.78, 5) is 5.05. The zero-order valence-corrected chi connectivity index (χ0v) is 26.3. The highest BCUT2D eigenvalue weighted by atomic mass is 32.1. The molecule has 0 aliphatic carbocycles. The van der Waals surface area contributed by atoms with E-state index >= 15 is 0 Å². The van der Waals surface area contributed by atoms with Crippen molar-refractivity contribution in [3.8, 4) is 32.8 Å². The first-order valence-corrected chi connectivity index (χ1v) is 16.9. The van der Waals surface area contributed by atoms with Crippen LogP contribution in [0.4, 0.5) is 0 Å². The summed E-state index contributed by atoms with van der Waals surface area (Å²) in [5, 5.41) is 13.8. The van der Waals surface area contributed by atoms with Gasteiger partial charge >= 0.3 is 0 Å². The van der Waals surface area contributed by atoms with Crippen molar-refractivity contribution in [1.29, 1.82) is 0 Å². The minimum absolute atomic E-state index is 1.05. The van der Waals surface area contributed by atoms with Crippen LogP contribution in [0, 0.1) is 0 Å². The maximum absolute atomic E-state index is 5.05. The molecule has 0 atom stereocenters. The van der Waals surface area contributed by atoms with Crippen molar-refractivity contribution < 1.29 is 0 Å². The number of hydrogen-bond acceptors (Lipinski definition) is 2. The van der Waals surface area contributed by atoms with Crippen LogP contribution in [0.15, 0.2) is 164 Å². The molecule has 218 valence electrons. The van der Waals surface area contributed by atoms with Crippen LogP contribution in [0.5, 0.6) is 0 Å². The Balaban J connectivity index is 1.17. The third kappa shape index (κ3) is 4.19. The molecule has 0 unspecified atom stereocenters. The number of rotatable bonds is 3. The number of hydrogen-bond donors (Lipinski definition) is 0. The molecule has 47 heavy (non-hydrogen) atoms. The molecule has 10 aromatic rings. The number of aromatic nitrogens is 1. The van der Waals surface area contributed by atoms with Crippen molar-refractivity contribution in [2.45, 2.75) is 0 Å². The first kappa shape index (κ1) is 26.4. The zero-order valence-electron chi connectivity index (χ0n) is 25.4. The fourth-order valence-electron chi connectivity index (χ4n) is 7.37. The van der Waals surface area contributed by atoms with Gasteiger partial charge in [0.05, 0.1) is 10.2 Å². The van der Waals surface area contributed by atoms with Crippen LogP contribution < -0.4 is 0 Å².